The zero-order valence-corrected chi connectivity index (χ0v) is 7.20. The molecule has 3 N–H and O–H groups in total. The lowest BCUT2D eigenvalue weighted by Gasteiger charge is -2.16. The van der Waals surface area contributed by atoms with Gasteiger partial charge in [0.1, 0.15) is 0 Å². The minimum absolute atomic E-state index is 0.000968. The molecule has 0 saturated carbocycles. The highest BCUT2D eigenvalue weighted by Gasteiger charge is 2.13. The van der Waals surface area contributed by atoms with Crippen LogP contribution in [0.1, 0.15) is 26.7 Å². The summed E-state index contributed by atoms with van der Waals surface area (Å²) in [6, 6.07) is 0. The molecule has 3 unspecified atom stereocenters. The first-order chi connectivity index (χ1) is 5.07. The van der Waals surface area contributed by atoms with Crippen molar-refractivity contribution >= 4 is 0 Å². The van der Waals surface area contributed by atoms with Crippen LogP contribution in [0.5, 0.6) is 0 Å². The van der Waals surface area contributed by atoms with Crippen LogP contribution in [0.4, 0.5) is 0 Å². The third kappa shape index (κ3) is 5.18. The van der Waals surface area contributed by atoms with Gasteiger partial charge < -0.3 is 15.3 Å². The second kappa shape index (κ2) is 5.52. The molecule has 0 aliphatic carbocycles. The Morgan fingerprint density at radius 3 is 2.00 bits per heavy atom. The molecular formula is C8H18O3. The van der Waals surface area contributed by atoms with Crippen LogP contribution in [0.25, 0.3) is 0 Å². The van der Waals surface area contributed by atoms with Crippen molar-refractivity contribution in [1.82, 2.24) is 0 Å². The van der Waals surface area contributed by atoms with Crippen molar-refractivity contribution < 1.29 is 15.3 Å². The largest absolute Gasteiger partial charge is 0.396 e. The molecule has 3 heteroatoms. The van der Waals surface area contributed by atoms with Crippen molar-refractivity contribution in [2.24, 2.45) is 5.92 Å². The third-order valence-electron chi connectivity index (χ3n) is 1.83. The van der Waals surface area contributed by atoms with Crippen LogP contribution in [0, 0.1) is 5.92 Å². The zero-order valence-electron chi connectivity index (χ0n) is 7.20. The molecule has 0 amide bonds. The summed E-state index contributed by atoms with van der Waals surface area (Å²) in [5.41, 5.74) is 0. The van der Waals surface area contributed by atoms with Gasteiger partial charge in [0.15, 0.2) is 0 Å². The maximum atomic E-state index is 9.30. The van der Waals surface area contributed by atoms with E-state index in [2.05, 4.69) is 0 Å². The molecule has 0 saturated heterocycles. The predicted molar refractivity (Wildman–Crippen MR) is 43.2 cm³/mol. The molecule has 11 heavy (non-hydrogen) atoms. The van der Waals surface area contributed by atoms with Gasteiger partial charge in [-0.25, -0.2) is 0 Å². The number of aliphatic hydroxyl groups excluding tert-OH is 3. The van der Waals surface area contributed by atoms with E-state index in [-0.39, 0.29) is 18.6 Å². The standard InChI is InChI=1S/C8H18O3/c1-6(5-9)8(11)4-3-7(2)10/h6-11H,3-5H2,1-2H3. The second-order valence-electron chi connectivity index (χ2n) is 3.15. The molecule has 0 bridgehead atoms. The Bertz CT molecular complexity index is 93.3. The van der Waals surface area contributed by atoms with Gasteiger partial charge in [-0.1, -0.05) is 6.92 Å². The smallest absolute Gasteiger partial charge is 0.0588 e. The van der Waals surface area contributed by atoms with E-state index in [4.69, 9.17) is 10.2 Å². The molecule has 0 aromatic rings. The highest BCUT2D eigenvalue weighted by atomic mass is 16.3. The van der Waals surface area contributed by atoms with Crippen LogP contribution in [0.2, 0.25) is 0 Å². The average molecular weight is 162 g/mol. The lowest BCUT2D eigenvalue weighted by Crippen LogP contribution is -2.22. The third-order valence-corrected chi connectivity index (χ3v) is 1.83. The lowest BCUT2D eigenvalue weighted by atomic mass is 10.0. The van der Waals surface area contributed by atoms with E-state index in [0.29, 0.717) is 12.8 Å². The van der Waals surface area contributed by atoms with Crippen molar-refractivity contribution in [1.29, 1.82) is 0 Å². The van der Waals surface area contributed by atoms with Gasteiger partial charge in [-0.05, 0) is 19.8 Å². The van der Waals surface area contributed by atoms with E-state index in [1.54, 1.807) is 13.8 Å². The minimum atomic E-state index is -0.491. The number of hydrogen-bond acceptors (Lipinski definition) is 3. The Hall–Kier alpha value is -0.120. The minimum Gasteiger partial charge on any atom is -0.396 e. The molecular weight excluding hydrogens is 144 g/mol. The molecule has 0 heterocycles. The molecule has 0 aromatic carbocycles. The predicted octanol–water partition coefficient (Wildman–Crippen LogP) is 0.137. The topological polar surface area (TPSA) is 60.7 Å². The molecule has 0 aliphatic rings. The van der Waals surface area contributed by atoms with Crippen molar-refractivity contribution in [2.75, 3.05) is 6.61 Å². The first-order valence-corrected chi connectivity index (χ1v) is 4.05. The average Bonchev–Trinajstić information content (AvgIpc) is 1.98. The normalized spacial score (nSPS) is 19.4. The molecule has 0 radical (unpaired) electrons. The monoisotopic (exact) mass is 162 g/mol. The fraction of sp³-hybridized carbons (Fsp3) is 1.00. The van der Waals surface area contributed by atoms with E-state index in [1.807, 2.05) is 0 Å². The van der Waals surface area contributed by atoms with Gasteiger partial charge in [-0.3, -0.25) is 0 Å². The Labute approximate surface area is 67.7 Å². The summed E-state index contributed by atoms with van der Waals surface area (Å²) in [7, 11) is 0. The van der Waals surface area contributed by atoms with E-state index in [0.717, 1.165) is 0 Å². The van der Waals surface area contributed by atoms with Crippen molar-refractivity contribution in [3.8, 4) is 0 Å². The van der Waals surface area contributed by atoms with Crippen LogP contribution >= 0.6 is 0 Å². The van der Waals surface area contributed by atoms with E-state index in [1.165, 1.54) is 0 Å². The fourth-order valence-corrected chi connectivity index (χ4v) is 0.818. The van der Waals surface area contributed by atoms with Gasteiger partial charge in [-0.2, -0.15) is 0 Å². The van der Waals surface area contributed by atoms with Crippen LogP contribution in [-0.2, 0) is 0 Å². The Balaban J connectivity index is 3.43. The van der Waals surface area contributed by atoms with Crippen molar-refractivity contribution in [2.45, 2.75) is 38.9 Å². The number of hydrogen-bond donors (Lipinski definition) is 3. The maximum Gasteiger partial charge on any atom is 0.0588 e. The summed E-state index contributed by atoms with van der Waals surface area (Å²) in [5.74, 6) is -0.0891. The van der Waals surface area contributed by atoms with Gasteiger partial charge in [0.05, 0.1) is 12.2 Å². The molecule has 3 nitrogen and oxygen atoms in total. The van der Waals surface area contributed by atoms with Gasteiger partial charge >= 0.3 is 0 Å². The van der Waals surface area contributed by atoms with Gasteiger partial charge in [-0.15, -0.1) is 0 Å². The lowest BCUT2D eigenvalue weighted by molar-refractivity contribution is 0.0564. The van der Waals surface area contributed by atoms with Crippen molar-refractivity contribution in [3.63, 3.8) is 0 Å². The highest BCUT2D eigenvalue weighted by Crippen LogP contribution is 2.09. The quantitative estimate of drug-likeness (QED) is 0.539. The first kappa shape index (κ1) is 10.9. The van der Waals surface area contributed by atoms with Crippen molar-refractivity contribution in [3.05, 3.63) is 0 Å². The summed E-state index contributed by atoms with van der Waals surface area (Å²) in [6.07, 6.45) is 0.287. The SMILES string of the molecule is CC(O)CCC(O)C(C)CO. The van der Waals surface area contributed by atoms with Crippen LogP contribution in [-0.4, -0.2) is 34.1 Å². The summed E-state index contributed by atoms with van der Waals surface area (Å²) in [4.78, 5) is 0. The van der Waals surface area contributed by atoms with Gasteiger partial charge in [0.2, 0.25) is 0 Å². The van der Waals surface area contributed by atoms with E-state index < -0.39 is 6.10 Å². The van der Waals surface area contributed by atoms with Crippen LogP contribution in [0.3, 0.4) is 0 Å². The molecule has 0 spiro atoms. The Morgan fingerprint density at radius 1 is 1.09 bits per heavy atom. The number of rotatable bonds is 5. The molecule has 0 aliphatic heterocycles. The maximum absolute atomic E-state index is 9.30. The molecule has 0 rings (SSSR count). The van der Waals surface area contributed by atoms with E-state index >= 15 is 0 Å². The van der Waals surface area contributed by atoms with Gasteiger partial charge in [0.25, 0.3) is 0 Å². The Morgan fingerprint density at radius 2 is 1.64 bits per heavy atom. The summed E-state index contributed by atoms with van der Waals surface area (Å²) >= 11 is 0. The summed E-state index contributed by atoms with van der Waals surface area (Å²) in [6.45, 7) is 3.48. The van der Waals surface area contributed by atoms with E-state index in [9.17, 15) is 5.11 Å². The Kier molecular flexibility index (Phi) is 5.46. The summed E-state index contributed by atoms with van der Waals surface area (Å²) < 4.78 is 0. The number of aliphatic hydroxyl groups is 3. The second-order valence-corrected chi connectivity index (χ2v) is 3.15. The highest BCUT2D eigenvalue weighted by molar-refractivity contribution is 4.64. The zero-order chi connectivity index (χ0) is 8.85. The summed E-state index contributed by atoms with van der Waals surface area (Å²) in [5, 5.41) is 26.8. The molecule has 3 atom stereocenters. The molecule has 0 fully saturated rings. The molecule has 68 valence electrons. The van der Waals surface area contributed by atoms with Crippen LogP contribution in [0.15, 0.2) is 0 Å². The first-order valence-electron chi connectivity index (χ1n) is 4.05. The van der Waals surface area contributed by atoms with Gasteiger partial charge in [0, 0.05) is 12.5 Å². The fourth-order valence-electron chi connectivity index (χ4n) is 0.818. The molecule has 0 aromatic heterocycles. The van der Waals surface area contributed by atoms with Crippen LogP contribution < -0.4 is 0 Å².